The van der Waals surface area contributed by atoms with Crippen LogP contribution in [0.25, 0.3) is 0 Å². The summed E-state index contributed by atoms with van der Waals surface area (Å²) in [5, 5.41) is 6.91. The maximum Gasteiger partial charge on any atom is 0.184 e. The van der Waals surface area contributed by atoms with Gasteiger partial charge in [-0.2, -0.15) is 0 Å². The Morgan fingerprint density at radius 3 is 3.00 bits per heavy atom. The third kappa shape index (κ3) is 2.46. The Bertz CT molecular complexity index is 383. The zero-order valence-corrected chi connectivity index (χ0v) is 10.4. The maximum atomic E-state index is 5.56. The molecule has 2 aromatic rings. The van der Waals surface area contributed by atoms with Gasteiger partial charge in [-0.1, -0.05) is 11.3 Å². The van der Waals surface area contributed by atoms with Gasteiger partial charge >= 0.3 is 0 Å². The van der Waals surface area contributed by atoms with Crippen LogP contribution in [0.15, 0.2) is 21.4 Å². The molecule has 0 amide bonds. The maximum absolute atomic E-state index is 5.56. The number of nitrogens with two attached hydrogens (primary N) is 1. The lowest BCUT2D eigenvalue weighted by Gasteiger charge is -1.98. The lowest BCUT2D eigenvalue weighted by molar-refractivity contribution is 1.15. The quantitative estimate of drug-likeness (QED) is 0.913. The molecule has 0 aliphatic carbocycles. The molecule has 6 heteroatoms. The van der Waals surface area contributed by atoms with Crippen LogP contribution in [0.5, 0.6) is 0 Å². The molecule has 0 unspecified atom stereocenters. The second-order valence-electron chi connectivity index (χ2n) is 2.68. The van der Waals surface area contributed by atoms with Crippen molar-refractivity contribution in [2.24, 2.45) is 0 Å². The fraction of sp³-hybridized carbons (Fsp3) is 0.125. The number of hydrogen-bond donors (Lipinski definition) is 2. The van der Waals surface area contributed by atoms with Crippen LogP contribution < -0.4 is 11.1 Å². The molecule has 74 valence electrons. The first-order valence-corrected chi connectivity index (χ1v) is 6.41. The molecule has 2 rings (SSSR count). The predicted molar refractivity (Wildman–Crippen MR) is 65.9 cm³/mol. The number of hydrogen-bond acceptors (Lipinski definition) is 5. The van der Waals surface area contributed by atoms with E-state index in [1.165, 1.54) is 16.9 Å². The fourth-order valence-electron chi connectivity index (χ4n) is 0.984. The van der Waals surface area contributed by atoms with Crippen molar-refractivity contribution in [3.05, 3.63) is 27.0 Å². The molecule has 0 atom stereocenters. The minimum atomic E-state index is 0.735. The molecule has 14 heavy (non-hydrogen) atoms. The molecule has 3 N–H and O–H groups in total. The van der Waals surface area contributed by atoms with E-state index in [9.17, 15) is 0 Å². The summed E-state index contributed by atoms with van der Waals surface area (Å²) in [6.45, 7) is 0.787. The van der Waals surface area contributed by atoms with Gasteiger partial charge < -0.3 is 11.1 Å². The predicted octanol–water partition coefficient (Wildman–Crippen LogP) is 3.16. The van der Waals surface area contributed by atoms with E-state index in [2.05, 4.69) is 37.7 Å². The smallest absolute Gasteiger partial charge is 0.184 e. The molecule has 0 saturated heterocycles. The van der Waals surface area contributed by atoms with Crippen molar-refractivity contribution in [1.29, 1.82) is 0 Å². The first-order chi connectivity index (χ1) is 6.74. The summed E-state index contributed by atoms with van der Waals surface area (Å²) in [6, 6.07) is 2.09. The molecule has 0 fully saturated rings. The van der Waals surface area contributed by atoms with Crippen molar-refractivity contribution in [1.82, 2.24) is 4.98 Å². The topological polar surface area (TPSA) is 50.9 Å². The molecule has 0 aromatic carbocycles. The minimum absolute atomic E-state index is 0.735. The summed E-state index contributed by atoms with van der Waals surface area (Å²) in [6.07, 6.45) is 1.66. The van der Waals surface area contributed by atoms with E-state index in [1.807, 2.05) is 0 Å². The molecule has 0 radical (unpaired) electrons. The SMILES string of the molecule is Nc1cnc(NCc2csc(Br)c2)s1. The second-order valence-corrected chi connectivity index (χ2v) is 6.03. The van der Waals surface area contributed by atoms with E-state index < -0.39 is 0 Å². The number of anilines is 2. The van der Waals surface area contributed by atoms with Crippen molar-refractivity contribution in [2.75, 3.05) is 11.1 Å². The van der Waals surface area contributed by atoms with Crippen molar-refractivity contribution in [3.63, 3.8) is 0 Å². The molecule has 3 nitrogen and oxygen atoms in total. The third-order valence-electron chi connectivity index (χ3n) is 1.59. The van der Waals surface area contributed by atoms with Gasteiger partial charge in [0.25, 0.3) is 0 Å². The van der Waals surface area contributed by atoms with Crippen LogP contribution in [0.3, 0.4) is 0 Å². The van der Waals surface area contributed by atoms with Crippen molar-refractivity contribution < 1.29 is 0 Å². The van der Waals surface area contributed by atoms with Crippen LogP contribution in [-0.2, 0) is 6.54 Å². The van der Waals surface area contributed by atoms with Gasteiger partial charge in [0.15, 0.2) is 5.13 Å². The van der Waals surface area contributed by atoms with E-state index in [1.54, 1.807) is 17.5 Å². The fourth-order valence-corrected chi connectivity index (χ4v) is 2.77. The number of nitrogen functional groups attached to an aromatic ring is 1. The van der Waals surface area contributed by atoms with E-state index in [0.717, 1.165) is 20.5 Å². The molecule has 0 aliphatic heterocycles. The van der Waals surface area contributed by atoms with E-state index in [-0.39, 0.29) is 0 Å². The zero-order valence-electron chi connectivity index (χ0n) is 7.16. The molecule has 2 heterocycles. The largest absolute Gasteiger partial charge is 0.389 e. The first kappa shape index (κ1) is 9.95. The molecular weight excluding hydrogens is 282 g/mol. The Balaban J connectivity index is 1.94. The van der Waals surface area contributed by atoms with Gasteiger partial charge in [-0.05, 0) is 32.9 Å². The average molecular weight is 290 g/mol. The highest BCUT2D eigenvalue weighted by atomic mass is 79.9. The van der Waals surface area contributed by atoms with Gasteiger partial charge in [0.1, 0.15) is 5.00 Å². The molecule has 2 aromatic heterocycles. The summed E-state index contributed by atoms with van der Waals surface area (Å²) < 4.78 is 1.15. The third-order valence-corrected chi connectivity index (χ3v) is 3.93. The minimum Gasteiger partial charge on any atom is -0.389 e. The summed E-state index contributed by atoms with van der Waals surface area (Å²) in [4.78, 5) is 4.11. The number of halogens is 1. The Hall–Kier alpha value is -0.590. The number of thiophene rings is 1. The van der Waals surface area contributed by atoms with E-state index in [0.29, 0.717) is 0 Å². The summed E-state index contributed by atoms with van der Waals surface area (Å²) in [5.74, 6) is 0. The number of nitrogens with one attached hydrogen (secondary N) is 1. The molecular formula is C8H8BrN3S2. The lowest BCUT2D eigenvalue weighted by atomic mass is 10.3. The molecule has 0 bridgehead atoms. The summed E-state index contributed by atoms with van der Waals surface area (Å²) >= 11 is 6.56. The Morgan fingerprint density at radius 1 is 1.57 bits per heavy atom. The van der Waals surface area contributed by atoms with Gasteiger partial charge in [0, 0.05) is 6.54 Å². The van der Waals surface area contributed by atoms with E-state index in [4.69, 9.17) is 5.73 Å². The summed E-state index contributed by atoms with van der Waals surface area (Å²) in [7, 11) is 0. The van der Waals surface area contributed by atoms with Crippen molar-refractivity contribution in [3.8, 4) is 0 Å². The standard InChI is InChI=1S/C8H8BrN3S2/c9-6-1-5(4-13-6)2-11-8-12-3-7(10)14-8/h1,3-4H,2,10H2,(H,11,12). The highest BCUT2D eigenvalue weighted by Crippen LogP contribution is 2.23. The average Bonchev–Trinajstić information content (AvgIpc) is 2.72. The van der Waals surface area contributed by atoms with Gasteiger partial charge in [0.05, 0.1) is 9.98 Å². The first-order valence-electron chi connectivity index (χ1n) is 3.92. The number of thiazole rings is 1. The molecule has 0 spiro atoms. The van der Waals surface area contributed by atoms with Gasteiger partial charge in [-0.25, -0.2) is 4.98 Å². The second kappa shape index (κ2) is 4.29. The summed E-state index contributed by atoms with van der Waals surface area (Å²) in [5.41, 5.74) is 6.81. The van der Waals surface area contributed by atoms with Crippen molar-refractivity contribution in [2.45, 2.75) is 6.54 Å². The van der Waals surface area contributed by atoms with Gasteiger partial charge in [-0.15, -0.1) is 11.3 Å². The Labute approximate surface area is 98.1 Å². The number of nitrogens with zero attached hydrogens (tertiary/aromatic N) is 1. The molecule has 0 saturated carbocycles. The van der Waals surface area contributed by atoms with Gasteiger partial charge in [0.2, 0.25) is 0 Å². The highest BCUT2D eigenvalue weighted by molar-refractivity contribution is 9.11. The Morgan fingerprint density at radius 2 is 2.43 bits per heavy atom. The van der Waals surface area contributed by atoms with Crippen LogP contribution in [0.4, 0.5) is 10.1 Å². The molecule has 0 aliphatic rings. The van der Waals surface area contributed by atoms with Gasteiger partial charge in [-0.3, -0.25) is 0 Å². The van der Waals surface area contributed by atoms with Crippen LogP contribution >= 0.6 is 38.6 Å². The van der Waals surface area contributed by atoms with Crippen LogP contribution in [0.1, 0.15) is 5.56 Å². The van der Waals surface area contributed by atoms with Crippen LogP contribution in [0, 0.1) is 0 Å². The number of aromatic nitrogens is 1. The van der Waals surface area contributed by atoms with Crippen molar-refractivity contribution >= 4 is 48.7 Å². The zero-order chi connectivity index (χ0) is 9.97. The van der Waals surface area contributed by atoms with E-state index >= 15 is 0 Å². The Kier molecular flexibility index (Phi) is 3.05. The lowest BCUT2D eigenvalue weighted by Crippen LogP contribution is -1.96. The monoisotopic (exact) mass is 289 g/mol. The number of rotatable bonds is 3. The van der Waals surface area contributed by atoms with Crippen LogP contribution in [-0.4, -0.2) is 4.98 Å². The van der Waals surface area contributed by atoms with Crippen LogP contribution in [0.2, 0.25) is 0 Å². The normalized spacial score (nSPS) is 10.4. The highest BCUT2D eigenvalue weighted by Gasteiger charge is 2.00.